The third-order valence-corrected chi connectivity index (χ3v) is 5.08. The molecule has 0 saturated carbocycles. The number of ether oxygens (including phenoxy) is 2. The number of hydrogen-bond donors (Lipinski definition) is 1. The summed E-state index contributed by atoms with van der Waals surface area (Å²) in [5.74, 6) is -0.878. The van der Waals surface area contributed by atoms with Crippen LogP contribution in [0.2, 0.25) is 10.3 Å². The van der Waals surface area contributed by atoms with Gasteiger partial charge in [0.25, 0.3) is 0 Å². The van der Waals surface area contributed by atoms with E-state index in [1.165, 1.54) is 23.9 Å². The third-order valence-electron chi connectivity index (χ3n) is 3.58. The van der Waals surface area contributed by atoms with Crippen molar-refractivity contribution in [1.29, 1.82) is 0 Å². The topological polar surface area (TPSA) is 152 Å². The minimum atomic E-state index is -4.51. The molecule has 2 aromatic rings. The molecular formula is C18H23Cl2N5O7S. The van der Waals surface area contributed by atoms with Crippen LogP contribution < -0.4 is 4.72 Å². The number of carbonyl (C=O) groups is 2. The van der Waals surface area contributed by atoms with E-state index in [2.05, 4.69) is 23.9 Å². The van der Waals surface area contributed by atoms with Gasteiger partial charge in [-0.05, 0) is 46.2 Å². The predicted octanol–water partition coefficient (Wildman–Crippen LogP) is 3.00. The Morgan fingerprint density at radius 3 is 2.52 bits per heavy atom. The molecule has 0 aliphatic heterocycles. The summed E-state index contributed by atoms with van der Waals surface area (Å²) in [4.78, 5) is 36.0. The zero-order chi connectivity index (χ0) is 25.0. The van der Waals surface area contributed by atoms with E-state index in [1.54, 1.807) is 27.7 Å². The summed E-state index contributed by atoms with van der Waals surface area (Å²) in [5, 5.41) is 0.0565. The van der Waals surface area contributed by atoms with Crippen molar-refractivity contribution in [2.75, 3.05) is 6.61 Å². The highest BCUT2D eigenvalue weighted by Gasteiger charge is 2.27. The third kappa shape index (κ3) is 8.11. The Morgan fingerprint density at radius 1 is 1.24 bits per heavy atom. The van der Waals surface area contributed by atoms with Gasteiger partial charge in [0.1, 0.15) is 17.0 Å². The monoisotopic (exact) mass is 523 g/mol. The van der Waals surface area contributed by atoms with Gasteiger partial charge in [-0.1, -0.05) is 11.6 Å². The molecule has 15 heteroatoms. The number of esters is 1. The highest BCUT2D eigenvalue weighted by Crippen LogP contribution is 2.26. The molecule has 1 N–H and O–H groups in total. The highest BCUT2D eigenvalue weighted by atomic mass is 35.5. The summed E-state index contributed by atoms with van der Waals surface area (Å²) in [6.07, 6.45) is 1.32. The second-order valence-corrected chi connectivity index (χ2v) is 9.73. The van der Waals surface area contributed by atoms with Gasteiger partial charge in [0.2, 0.25) is 11.1 Å². The Balaban J connectivity index is 2.26. The molecule has 0 aromatic carbocycles. The fourth-order valence-corrected chi connectivity index (χ4v) is 3.66. The maximum atomic E-state index is 12.4. The molecule has 0 bridgehead atoms. The van der Waals surface area contributed by atoms with Gasteiger partial charge in [-0.25, -0.2) is 24.5 Å². The lowest BCUT2D eigenvalue weighted by Gasteiger charge is -2.19. The first-order valence-electron chi connectivity index (χ1n) is 9.58. The van der Waals surface area contributed by atoms with E-state index in [0.717, 1.165) is 0 Å². The largest absolute Gasteiger partial charge is 0.525 e. The van der Waals surface area contributed by atoms with Crippen LogP contribution in [0.5, 0.6) is 0 Å². The minimum absolute atomic E-state index is 0.0814. The van der Waals surface area contributed by atoms with Crippen molar-refractivity contribution in [3.63, 3.8) is 0 Å². The number of imidazole rings is 1. The van der Waals surface area contributed by atoms with Crippen LogP contribution in [0.25, 0.3) is 11.4 Å². The lowest BCUT2D eigenvalue weighted by atomic mass is 10.2. The van der Waals surface area contributed by atoms with E-state index in [9.17, 15) is 18.0 Å². The SMILES string of the molecule is CCOC(=O)c1nc(-c2nc(Cl)ncc2Cl)cn1C[C@H](C)NS(=O)(=O)OC(=O)OC(C)(C)C. The molecule has 0 aliphatic carbocycles. The van der Waals surface area contributed by atoms with Crippen LogP contribution in [0.1, 0.15) is 45.2 Å². The number of halogens is 2. The van der Waals surface area contributed by atoms with Crippen molar-refractivity contribution in [3.05, 3.63) is 28.5 Å². The van der Waals surface area contributed by atoms with E-state index in [1.807, 2.05) is 0 Å². The Bertz CT molecular complexity index is 1130. The molecule has 1 atom stereocenters. The van der Waals surface area contributed by atoms with Crippen molar-refractivity contribution in [1.82, 2.24) is 24.2 Å². The molecule has 0 saturated heterocycles. The Labute approximate surface area is 200 Å². The van der Waals surface area contributed by atoms with Crippen LogP contribution >= 0.6 is 23.2 Å². The number of carbonyl (C=O) groups excluding carboxylic acids is 2. The number of nitrogens with one attached hydrogen (secondary N) is 1. The minimum Gasteiger partial charge on any atom is -0.460 e. The molecule has 12 nitrogen and oxygen atoms in total. The molecule has 2 rings (SSSR count). The van der Waals surface area contributed by atoms with Gasteiger partial charge >= 0.3 is 22.4 Å². The predicted molar refractivity (Wildman–Crippen MR) is 118 cm³/mol. The van der Waals surface area contributed by atoms with Crippen molar-refractivity contribution in [3.8, 4) is 11.4 Å². The summed E-state index contributed by atoms with van der Waals surface area (Å²) >= 11 is 11.9. The van der Waals surface area contributed by atoms with E-state index in [0.29, 0.717) is 0 Å². The lowest BCUT2D eigenvalue weighted by molar-refractivity contribution is 0.0218. The molecule has 0 aliphatic rings. The maximum absolute atomic E-state index is 12.4. The highest BCUT2D eigenvalue weighted by molar-refractivity contribution is 7.85. The van der Waals surface area contributed by atoms with E-state index < -0.39 is 34.1 Å². The van der Waals surface area contributed by atoms with Gasteiger partial charge in [-0.2, -0.15) is 13.1 Å². The van der Waals surface area contributed by atoms with Gasteiger partial charge in [0, 0.05) is 18.8 Å². The maximum Gasteiger partial charge on any atom is 0.525 e. The smallest absolute Gasteiger partial charge is 0.460 e. The second-order valence-electron chi connectivity index (χ2n) is 7.68. The zero-order valence-electron chi connectivity index (χ0n) is 18.5. The van der Waals surface area contributed by atoms with Gasteiger partial charge in [-0.3, -0.25) is 4.18 Å². The summed E-state index contributed by atoms with van der Waals surface area (Å²) < 4.78 is 42.1. The Hall–Kier alpha value is -2.48. The normalized spacial score (nSPS) is 12.8. The molecule has 2 heterocycles. The fraction of sp³-hybridized carbons (Fsp3) is 0.500. The molecule has 33 heavy (non-hydrogen) atoms. The molecule has 0 fully saturated rings. The molecule has 0 radical (unpaired) electrons. The van der Waals surface area contributed by atoms with E-state index in [-0.39, 0.29) is 40.7 Å². The first-order valence-corrected chi connectivity index (χ1v) is 11.7. The molecule has 0 unspecified atom stereocenters. The molecule has 2 aromatic heterocycles. The van der Waals surface area contributed by atoms with Gasteiger partial charge in [0.05, 0.1) is 17.8 Å². The molecule has 182 valence electrons. The van der Waals surface area contributed by atoms with Gasteiger partial charge < -0.3 is 14.0 Å². The fourth-order valence-electron chi connectivity index (χ4n) is 2.51. The lowest BCUT2D eigenvalue weighted by Crippen LogP contribution is -2.39. The van der Waals surface area contributed by atoms with Crippen molar-refractivity contribution in [2.45, 2.75) is 52.8 Å². The number of rotatable bonds is 8. The van der Waals surface area contributed by atoms with E-state index in [4.69, 9.17) is 32.7 Å². The first-order chi connectivity index (χ1) is 15.2. The van der Waals surface area contributed by atoms with Crippen LogP contribution in [0, 0.1) is 0 Å². The summed E-state index contributed by atoms with van der Waals surface area (Å²) in [6.45, 7) is 7.78. The Morgan fingerprint density at radius 2 is 1.91 bits per heavy atom. The number of aromatic nitrogens is 4. The summed E-state index contributed by atoms with van der Waals surface area (Å²) in [6, 6.07) is -0.850. The molecule has 0 spiro atoms. The number of nitrogens with zero attached hydrogens (tertiary/aromatic N) is 4. The van der Waals surface area contributed by atoms with Crippen LogP contribution in [-0.2, 0) is 30.5 Å². The average molecular weight is 524 g/mol. The van der Waals surface area contributed by atoms with Crippen LogP contribution in [-0.4, -0.2) is 58.3 Å². The van der Waals surface area contributed by atoms with Crippen LogP contribution in [0.3, 0.4) is 0 Å². The zero-order valence-corrected chi connectivity index (χ0v) is 20.8. The quantitative estimate of drug-likeness (QED) is 0.403. The first kappa shape index (κ1) is 26.8. The van der Waals surface area contributed by atoms with Crippen molar-refractivity contribution in [2.24, 2.45) is 0 Å². The van der Waals surface area contributed by atoms with Crippen LogP contribution in [0.15, 0.2) is 12.4 Å². The van der Waals surface area contributed by atoms with Crippen molar-refractivity contribution >= 4 is 45.6 Å². The van der Waals surface area contributed by atoms with Gasteiger partial charge in [0.15, 0.2) is 0 Å². The second kappa shape index (κ2) is 10.6. The molecular weight excluding hydrogens is 501 g/mol. The summed E-state index contributed by atoms with van der Waals surface area (Å²) in [5.41, 5.74) is -0.583. The van der Waals surface area contributed by atoms with Crippen LogP contribution in [0.4, 0.5) is 4.79 Å². The molecule has 0 amide bonds. The average Bonchev–Trinajstić information content (AvgIpc) is 3.04. The summed E-state index contributed by atoms with van der Waals surface area (Å²) in [7, 11) is -4.51. The van der Waals surface area contributed by atoms with Gasteiger partial charge in [-0.15, -0.1) is 0 Å². The van der Waals surface area contributed by atoms with E-state index >= 15 is 0 Å². The number of hydrogen-bond acceptors (Lipinski definition) is 10. The Kier molecular flexibility index (Phi) is 8.63. The van der Waals surface area contributed by atoms with Crippen molar-refractivity contribution < 1.29 is 31.7 Å². The standard InChI is InChI=1S/C18H23Cl2N5O7S/c1-6-30-15(26)14-22-12(13-11(19)7-21-16(20)23-13)9-25(14)8-10(2)24-33(28,29)32-17(27)31-18(3,4)5/h7,9-10,24H,6,8H2,1-5H3/t10-/m0/s1.